The molecule has 1 fully saturated rings. The van der Waals surface area contributed by atoms with Gasteiger partial charge in [-0.25, -0.2) is 0 Å². The second kappa shape index (κ2) is 5.61. The fourth-order valence-electron chi connectivity index (χ4n) is 2.21. The third kappa shape index (κ3) is 3.26. The molecule has 0 bridgehead atoms. The van der Waals surface area contributed by atoms with Crippen molar-refractivity contribution in [1.82, 2.24) is 10.2 Å². The van der Waals surface area contributed by atoms with Crippen molar-refractivity contribution in [3.63, 3.8) is 0 Å². The summed E-state index contributed by atoms with van der Waals surface area (Å²) < 4.78 is 0.721. The number of phenols is 1. The highest BCUT2D eigenvalue weighted by Gasteiger charge is 2.28. The van der Waals surface area contributed by atoms with E-state index in [2.05, 4.69) is 21.2 Å². The normalized spacial score (nSPS) is 18.4. The molecule has 1 aliphatic heterocycles. The number of phenolic OH excluding ortho intramolecular Hbond substituents is 1. The van der Waals surface area contributed by atoms with E-state index in [1.54, 1.807) is 17.0 Å². The Morgan fingerprint density at radius 2 is 2.21 bits per heavy atom. The third-order valence-electron chi connectivity index (χ3n) is 3.07. The van der Waals surface area contributed by atoms with Crippen LogP contribution in [0.3, 0.4) is 0 Å². The molecule has 1 saturated heterocycles. The number of hydrogen-bond acceptors (Lipinski definition) is 3. The minimum absolute atomic E-state index is 0.000888. The molecule has 1 unspecified atom stereocenters. The smallest absolute Gasteiger partial charge is 0.257 e. The number of carbonyl (C=O) groups excluding carboxylic acids is 2. The minimum Gasteiger partial charge on any atom is -0.507 e. The van der Waals surface area contributed by atoms with Crippen LogP contribution in [0, 0.1) is 0 Å². The van der Waals surface area contributed by atoms with E-state index in [-0.39, 0.29) is 29.2 Å². The number of aromatic hydroxyl groups is 1. The van der Waals surface area contributed by atoms with Crippen molar-refractivity contribution in [1.29, 1.82) is 0 Å². The molecule has 1 atom stereocenters. The van der Waals surface area contributed by atoms with Crippen LogP contribution in [-0.2, 0) is 4.79 Å². The van der Waals surface area contributed by atoms with Gasteiger partial charge >= 0.3 is 0 Å². The molecule has 0 aliphatic carbocycles. The van der Waals surface area contributed by atoms with Crippen molar-refractivity contribution in [2.45, 2.75) is 19.4 Å². The number of benzene rings is 1. The Labute approximate surface area is 119 Å². The Morgan fingerprint density at radius 3 is 2.84 bits per heavy atom. The fourth-order valence-corrected chi connectivity index (χ4v) is 2.55. The van der Waals surface area contributed by atoms with Crippen LogP contribution in [0.1, 0.15) is 23.7 Å². The molecule has 0 aromatic heterocycles. The Balaban J connectivity index is 2.07. The Hall–Kier alpha value is -1.56. The Bertz CT molecular complexity index is 519. The predicted molar refractivity (Wildman–Crippen MR) is 73.9 cm³/mol. The lowest BCUT2D eigenvalue weighted by atomic mass is 10.2. The molecule has 102 valence electrons. The average molecular weight is 327 g/mol. The molecule has 5 nitrogen and oxygen atoms in total. The molecule has 19 heavy (non-hydrogen) atoms. The van der Waals surface area contributed by atoms with E-state index in [9.17, 15) is 14.7 Å². The van der Waals surface area contributed by atoms with Crippen molar-refractivity contribution in [2.75, 3.05) is 13.1 Å². The molecule has 2 amide bonds. The Kier molecular flexibility index (Phi) is 4.09. The zero-order chi connectivity index (χ0) is 14.0. The number of halogens is 1. The highest BCUT2D eigenvalue weighted by atomic mass is 79.9. The fraction of sp³-hybridized carbons (Fsp3) is 0.385. The second-order valence-electron chi connectivity index (χ2n) is 4.60. The van der Waals surface area contributed by atoms with E-state index >= 15 is 0 Å². The summed E-state index contributed by atoms with van der Waals surface area (Å²) in [5.41, 5.74) is 0.284. The second-order valence-corrected chi connectivity index (χ2v) is 5.51. The largest absolute Gasteiger partial charge is 0.507 e. The number of hydrogen-bond donors (Lipinski definition) is 2. The minimum atomic E-state index is -0.210. The zero-order valence-electron chi connectivity index (χ0n) is 10.5. The standard InChI is InChI=1S/C13H15BrN2O3/c1-8(17)15-10-4-5-16(7-10)13(19)11-3-2-9(14)6-12(11)18/h2-3,6,10,18H,4-5,7H2,1H3,(H,15,17). The van der Waals surface area contributed by atoms with E-state index in [1.807, 2.05) is 0 Å². The van der Waals surface area contributed by atoms with Crippen LogP contribution in [0.15, 0.2) is 22.7 Å². The summed E-state index contributed by atoms with van der Waals surface area (Å²) in [6.45, 7) is 2.53. The van der Waals surface area contributed by atoms with Crippen LogP contribution in [0.2, 0.25) is 0 Å². The van der Waals surface area contributed by atoms with Gasteiger partial charge in [-0.05, 0) is 24.6 Å². The molecular formula is C13H15BrN2O3. The van der Waals surface area contributed by atoms with E-state index in [4.69, 9.17) is 0 Å². The van der Waals surface area contributed by atoms with Crippen LogP contribution in [0.4, 0.5) is 0 Å². The summed E-state index contributed by atoms with van der Waals surface area (Å²) in [5, 5.41) is 12.6. The molecule has 0 spiro atoms. The maximum atomic E-state index is 12.2. The lowest BCUT2D eigenvalue weighted by Crippen LogP contribution is -2.37. The van der Waals surface area contributed by atoms with Gasteiger partial charge in [-0.1, -0.05) is 15.9 Å². The molecule has 0 radical (unpaired) electrons. The summed E-state index contributed by atoms with van der Waals surface area (Å²) in [6.07, 6.45) is 0.739. The maximum absolute atomic E-state index is 12.2. The van der Waals surface area contributed by atoms with Gasteiger partial charge in [0.05, 0.1) is 5.56 Å². The monoisotopic (exact) mass is 326 g/mol. The van der Waals surface area contributed by atoms with Crippen LogP contribution in [0.25, 0.3) is 0 Å². The number of likely N-dealkylation sites (tertiary alicyclic amines) is 1. The van der Waals surface area contributed by atoms with Gasteiger partial charge in [0.15, 0.2) is 0 Å². The van der Waals surface area contributed by atoms with E-state index in [1.165, 1.54) is 13.0 Å². The van der Waals surface area contributed by atoms with Gasteiger partial charge in [0.2, 0.25) is 5.91 Å². The molecule has 2 N–H and O–H groups in total. The van der Waals surface area contributed by atoms with Gasteiger partial charge in [0.25, 0.3) is 5.91 Å². The first-order chi connectivity index (χ1) is 8.97. The maximum Gasteiger partial charge on any atom is 0.257 e. The molecule has 1 aliphatic rings. The van der Waals surface area contributed by atoms with Crippen LogP contribution in [0.5, 0.6) is 5.75 Å². The zero-order valence-corrected chi connectivity index (χ0v) is 12.1. The number of rotatable bonds is 2. The average Bonchev–Trinajstić information content (AvgIpc) is 2.75. The van der Waals surface area contributed by atoms with Crippen molar-refractivity contribution < 1.29 is 14.7 Å². The number of amides is 2. The van der Waals surface area contributed by atoms with E-state index < -0.39 is 0 Å². The summed E-state index contributed by atoms with van der Waals surface area (Å²) in [6, 6.07) is 4.80. The number of nitrogens with zero attached hydrogens (tertiary/aromatic N) is 1. The van der Waals surface area contributed by atoms with Crippen molar-refractivity contribution >= 4 is 27.7 Å². The highest BCUT2D eigenvalue weighted by molar-refractivity contribution is 9.10. The first-order valence-electron chi connectivity index (χ1n) is 6.02. The molecule has 1 heterocycles. The molecular weight excluding hydrogens is 312 g/mol. The Morgan fingerprint density at radius 1 is 1.47 bits per heavy atom. The quantitative estimate of drug-likeness (QED) is 0.865. The molecule has 0 saturated carbocycles. The van der Waals surface area contributed by atoms with Gasteiger partial charge in [-0.15, -0.1) is 0 Å². The number of nitrogens with one attached hydrogen (secondary N) is 1. The molecule has 1 aromatic rings. The van der Waals surface area contributed by atoms with Crippen LogP contribution >= 0.6 is 15.9 Å². The van der Waals surface area contributed by atoms with Gasteiger partial charge in [-0.3, -0.25) is 9.59 Å². The van der Waals surface area contributed by atoms with Crippen molar-refractivity contribution in [2.24, 2.45) is 0 Å². The summed E-state index contributed by atoms with van der Waals surface area (Å²) in [4.78, 5) is 24.9. The lowest BCUT2D eigenvalue weighted by molar-refractivity contribution is -0.119. The molecule has 2 rings (SSSR count). The third-order valence-corrected chi connectivity index (χ3v) is 3.57. The first-order valence-corrected chi connectivity index (χ1v) is 6.81. The van der Waals surface area contributed by atoms with E-state index in [0.29, 0.717) is 13.1 Å². The lowest BCUT2D eigenvalue weighted by Gasteiger charge is -2.17. The van der Waals surface area contributed by atoms with Gasteiger partial charge in [0.1, 0.15) is 5.75 Å². The molecule has 1 aromatic carbocycles. The summed E-state index contributed by atoms with van der Waals surface area (Å²) in [7, 11) is 0. The predicted octanol–water partition coefficient (Wildman–Crippen LogP) is 1.51. The van der Waals surface area contributed by atoms with Crippen molar-refractivity contribution in [3.8, 4) is 5.75 Å². The SMILES string of the molecule is CC(=O)NC1CCN(C(=O)c2ccc(Br)cc2O)C1. The topological polar surface area (TPSA) is 69.6 Å². The molecule has 6 heteroatoms. The summed E-state index contributed by atoms with van der Waals surface area (Å²) >= 11 is 3.23. The van der Waals surface area contributed by atoms with E-state index in [0.717, 1.165) is 10.9 Å². The van der Waals surface area contributed by atoms with Gasteiger partial charge < -0.3 is 15.3 Å². The summed E-state index contributed by atoms with van der Waals surface area (Å²) in [5.74, 6) is -0.342. The van der Waals surface area contributed by atoms with Crippen molar-refractivity contribution in [3.05, 3.63) is 28.2 Å². The van der Waals surface area contributed by atoms with Crippen LogP contribution < -0.4 is 5.32 Å². The van der Waals surface area contributed by atoms with Gasteiger partial charge in [-0.2, -0.15) is 0 Å². The van der Waals surface area contributed by atoms with Crippen LogP contribution in [-0.4, -0.2) is 41.0 Å². The highest BCUT2D eigenvalue weighted by Crippen LogP contribution is 2.24. The van der Waals surface area contributed by atoms with Gasteiger partial charge in [0, 0.05) is 30.5 Å². The number of carbonyl (C=O) groups is 2. The first kappa shape index (κ1) is 13.9.